The summed E-state index contributed by atoms with van der Waals surface area (Å²) in [6.07, 6.45) is 0.413. The first kappa shape index (κ1) is 16.7. The van der Waals surface area contributed by atoms with Crippen LogP contribution >= 0.6 is 11.6 Å². The minimum atomic E-state index is 0.154. The van der Waals surface area contributed by atoms with Gasteiger partial charge in [-0.25, -0.2) is 0 Å². The van der Waals surface area contributed by atoms with Gasteiger partial charge >= 0.3 is 0 Å². The number of benzene rings is 2. The van der Waals surface area contributed by atoms with E-state index in [1.807, 2.05) is 59.5 Å². The van der Waals surface area contributed by atoms with Gasteiger partial charge in [0, 0.05) is 36.9 Å². The summed E-state index contributed by atoms with van der Waals surface area (Å²) in [5.74, 6) is 0.958. The number of ether oxygens (including phenoxy) is 1. The number of anilines is 1. The van der Waals surface area contributed by atoms with Crippen molar-refractivity contribution in [1.29, 1.82) is 0 Å². The monoisotopic (exact) mass is 344 g/mol. The average molecular weight is 345 g/mol. The van der Waals surface area contributed by atoms with Gasteiger partial charge in [0.25, 0.3) is 0 Å². The molecule has 0 radical (unpaired) electrons. The Morgan fingerprint density at radius 2 is 1.62 bits per heavy atom. The van der Waals surface area contributed by atoms with E-state index in [1.165, 1.54) is 0 Å². The van der Waals surface area contributed by atoms with E-state index in [1.54, 1.807) is 0 Å². The molecule has 0 unspecified atom stereocenters. The maximum atomic E-state index is 12.3. The summed E-state index contributed by atoms with van der Waals surface area (Å²) in [6.45, 7) is 3.58. The SMILES string of the molecule is O=C(CCOc1ccccc1)N1CCN(c2ccc(Cl)cc2)CC1. The first-order valence-corrected chi connectivity index (χ1v) is 8.56. The minimum absolute atomic E-state index is 0.154. The third-order valence-electron chi connectivity index (χ3n) is 4.15. The molecule has 1 amide bonds. The van der Waals surface area contributed by atoms with E-state index in [0.29, 0.717) is 13.0 Å². The molecule has 0 aromatic heterocycles. The lowest BCUT2D eigenvalue weighted by Crippen LogP contribution is -2.49. The zero-order chi connectivity index (χ0) is 16.8. The lowest BCUT2D eigenvalue weighted by molar-refractivity contribution is -0.132. The van der Waals surface area contributed by atoms with Gasteiger partial charge in [-0.1, -0.05) is 29.8 Å². The van der Waals surface area contributed by atoms with Crippen LogP contribution in [0.1, 0.15) is 6.42 Å². The second-order valence-electron chi connectivity index (χ2n) is 5.76. The summed E-state index contributed by atoms with van der Waals surface area (Å²) in [5, 5.41) is 0.742. The van der Waals surface area contributed by atoms with Gasteiger partial charge in [0.2, 0.25) is 5.91 Å². The van der Waals surface area contributed by atoms with Gasteiger partial charge in [0.15, 0.2) is 0 Å². The van der Waals surface area contributed by atoms with Crippen LogP contribution in [-0.4, -0.2) is 43.6 Å². The third kappa shape index (κ3) is 4.42. The Bertz CT molecular complexity index is 653. The molecule has 0 aliphatic carbocycles. The Labute approximate surface area is 147 Å². The van der Waals surface area contributed by atoms with Gasteiger partial charge < -0.3 is 14.5 Å². The van der Waals surface area contributed by atoms with Crippen LogP contribution in [0.25, 0.3) is 0 Å². The molecule has 0 spiro atoms. The van der Waals surface area contributed by atoms with E-state index in [9.17, 15) is 4.79 Å². The number of carbonyl (C=O) groups excluding carboxylic acids is 1. The predicted octanol–water partition coefficient (Wildman–Crippen LogP) is 3.46. The molecule has 2 aromatic rings. The number of amides is 1. The van der Waals surface area contributed by atoms with Crippen LogP contribution in [0.5, 0.6) is 5.75 Å². The molecule has 24 heavy (non-hydrogen) atoms. The van der Waals surface area contributed by atoms with Crippen molar-refractivity contribution in [2.45, 2.75) is 6.42 Å². The molecule has 2 aromatic carbocycles. The summed E-state index contributed by atoms with van der Waals surface area (Å²) in [7, 11) is 0. The van der Waals surface area contributed by atoms with E-state index in [0.717, 1.165) is 42.6 Å². The van der Waals surface area contributed by atoms with Crippen molar-refractivity contribution in [3.8, 4) is 5.75 Å². The fourth-order valence-corrected chi connectivity index (χ4v) is 2.92. The Hall–Kier alpha value is -2.20. The van der Waals surface area contributed by atoms with Crippen LogP contribution in [-0.2, 0) is 4.79 Å². The van der Waals surface area contributed by atoms with Crippen molar-refractivity contribution in [2.75, 3.05) is 37.7 Å². The molecule has 1 aliphatic rings. The van der Waals surface area contributed by atoms with E-state index in [4.69, 9.17) is 16.3 Å². The van der Waals surface area contributed by atoms with Gasteiger partial charge in [-0.15, -0.1) is 0 Å². The number of nitrogens with zero attached hydrogens (tertiary/aromatic N) is 2. The number of carbonyl (C=O) groups is 1. The Kier molecular flexibility index (Phi) is 5.59. The fraction of sp³-hybridized carbons (Fsp3) is 0.316. The summed E-state index contributed by atoms with van der Waals surface area (Å²) in [5.41, 5.74) is 1.15. The summed E-state index contributed by atoms with van der Waals surface area (Å²) in [6, 6.07) is 17.4. The van der Waals surface area contributed by atoms with E-state index >= 15 is 0 Å². The Balaban J connectivity index is 1.42. The highest BCUT2D eigenvalue weighted by Gasteiger charge is 2.21. The molecule has 0 bridgehead atoms. The molecule has 4 nitrogen and oxygen atoms in total. The molecule has 1 heterocycles. The van der Waals surface area contributed by atoms with E-state index < -0.39 is 0 Å². The molecule has 0 N–H and O–H groups in total. The van der Waals surface area contributed by atoms with Crippen LogP contribution < -0.4 is 9.64 Å². The number of hydrogen-bond donors (Lipinski definition) is 0. The van der Waals surface area contributed by atoms with E-state index in [2.05, 4.69) is 4.90 Å². The second kappa shape index (κ2) is 8.06. The predicted molar refractivity (Wildman–Crippen MR) is 96.8 cm³/mol. The molecule has 1 aliphatic heterocycles. The fourth-order valence-electron chi connectivity index (χ4n) is 2.80. The highest BCUT2D eigenvalue weighted by Crippen LogP contribution is 2.19. The van der Waals surface area contributed by atoms with Crippen molar-refractivity contribution in [3.63, 3.8) is 0 Å². The molecule has 5 heteroatoms. The molecule has 3 rings (SSSR count). The molecular weight excluding hydrogens is 324 g/mol. The van der Waals surface area contributed by atoms with Gasteiger partial charge in [-0.05, 0) is 36.4 Å². The number of hydrogen-bond acceptors (Lipinski definition) is 3. The second-order valence-corrected chi connectivity index (χ2v) is 6.19. The van der Waals surface area contributed by atoms with Crippen LogP contribution in [0.4, 0.5) is 5.69 Å². The summed E-state index contributed by atoms with van der Waals surface area (Å²) >= 11 is 5.92. The highest BCUT2D eigenvalue weighted by atomic mass is 35.5. The first-order chi connectivity index (χ1) is 11.7. The zero-order valence-electron chi connectivity index (χ0n) is 13.5. The van der Waals surface area contributed by atoms with Crippen LogP contribution in [0, 0.1) is 0 Å². The molecular formula is C19H21ClN2O2. The molecule has 0 atom stereocenters. The summed E-state index contributed by atoms with van der Waals surface area (Å²) in [4.78, 5) is 16.5. The van der Waals surface area contributed by atoms with Crippen LogP contribution in [0.3, 0.4) is 0 Å². The Morgan fingerprint density at radius 1 is 0.958 bits per heavy atom. The average Bonchev–Trinajstić information content (AvgIpc) is 2.63. The normalized spacial score (nSPS) is 14.5. The molecule has 1 saturated heterocycles. The number of para-hydroxylation sites is 1. The minimum Gasteiger partial charge on any atom is -0.493 e. The maximum absolute atomic E-state index is 12.3. The van der Waals surface area contributed by atoms with Crippen molar-refractivity contribution in [3.05, 3.63) is 59.6 Å². The van der Waals surface area contributed by atoms with E-state index in [-0.39, 0.29) is 5.91 Å². The lowest BCUT2D eigenvalue weighted by atomic mass is 10.2. The standard InChI is InChI=1S/C19H21ClN2O2/c20-16-6-8-17(9-7-16)21-11-13-22(14-12-21)19(23)10-15-24-18-4-2-1-3-5-18/h1-9H,10-15H2. The van der Waals surface area contributed by atoms with Gasteiger partial charge in [-0.3, -0.25) is 4.79 Å². The molecule has 1 fully saturated rings. The van der Waals surface area contributed by atoms with Crippen molar-refractivity contribution >= 4 is 23.2 Å². The van der Waals surface area contributed by atoms with Gasteiger partial charge in [0.05, 0.1) is 13.0 Å². The van der Waals surface area contributed by atoms with Crippen molar-refractivity contribution < 1.29 is 9.53 Å². The lowest BCUT2D eigenvalue weighted by Gasteiger charge is -2.36. The highest BCUT2D eigenvalue weighted by molar-refractivity contribution is 6.30. The molecule has 126 valence electrons. The maximum Gasteiger partial charge on any atom is 0.226 e. The van der Waals surface area contributed by atoms with Gasteiger partial charge in [-0.2, -0.15) is 0 Å². The molecule has 0 saturated carbocycles. The van der Waals surface area contributed by atoms with Crippen LogP contribution in [0.2, 0.25) is 5.02 Å². The first-order valence-electron chi connectivity index (χ1n) is 8.18. The van der Waals surface area contributed by atoms with Crippen LogP contribution in [0.15, 0.2) is 54.6 Å². The Morgan fingerprint density at radius 3 is 2.29 bits per heavy atom. The number of piperazine rings is 1. The smallest absolute Gasteiger partial charge is 0.226 e. The topological polar surface area (TPSA) is 32.8 Å². The number of halogens is 1. The number of rotatable bonds is 5. The quantitative estimate of drug-likeness (QED) is 0.832. The van der Waals surface area contributed by atoms with Crippen molar-refractivity contribution in [1.82, 2.24) is 4.90 Å². The van der Waals surface area contributed by atoms with Gasteiger partial charge in [0.1, 0.15) is 5.75 Å². The third-order valence-corrected chi connectivity index (χ3v) is 4.40. The van der Waals surface area contributed by atoms with Crippen molar-refractivity contribution in [2.24, 2.45) is 0 Å². The summed E-state index contributed by atoms with van der Waals surface area (Å²) < 4.78 is 5.60. The largest absolute Gasteiger partial charge is 0.493 e. The zero-order valence-corrected chi connectivity index (χ0v) is 14.3.